The van der Waals surface area contributed by atoms with E-state index in [0.717, 1.165) is 11.4 Å². The highest BCUT2D eigenvalue weighted by molar-refractivity contribution is 6.85. The third-order valence-corrected chi connectivity index (χ3v) is 9.31. The van der Waals surface area contributed by atoms with Gasteiger partial charge in [-0.15, -0.1) is 0 Å². The van der Waals surface area contributed by atoms with Crippen LogP contribution < -0.4 is 4.90 Å². The summed E-state index contributed by atoms with van der Waals surface area (Å²) in [4.78, 5) is 16.4. The molecule has 30 heavy (non-hydrogen) atoms. The van der Waals surface area contributed by atoms with Crippen LogP contribution in [0.4, 0.5) is 11.4 Å². The zero-order valence-corrected chi connectivity index (χ0v) is 18.6. The summed E-state index contributed by atoms with van der Waals surface area (Å²) < 4.78 is 0. The van der Waals surface area contributed by atoms with Crippen molar-refractivity contribution in [2.24, 2.45) is 0 Å². The van der Waals surface area contributed by atoms with E-state index in [1.807, 2.05) is 65.6 Å². The number of hydrogen-bond acceptors (Lipinski definition) is 1. The summed E-state index contributed by atoms with van der Waals surface area (Å²) in [7, 11) is -1.96. The van der Waals surface area contributed by atoms with Gasteiger partial charge in [0, 0.05) is 11.4 Å². The van der Waals surface area contributed by atoms with Crippen LogP contribution in [-0.2, 0) is 9.83 Å². The lowest BCUT2D eigenvalue weighted by Gasteiger charge is -2.34. The van der Waals surface area contributed by atoms with Crippen LogP contribution in [0, 0.1) is 0 Å². The number of amides is 1. The van der Waals surface area contributed by atoms with Gasteiger partial charge in [0.2, 0.25) is 5.91 Å². The normalized spacial score (nSPS) is 14.2. The van der Waals surface area contributed by atoms with Crippen LogP contribution in [0.1, 0.15) is 11.1 Å². The SMILES string of the molecule is C[Si](C)(C)C1(C(=O)N(c2ccccc2)c2ccccc2)c2cc3ccccc3cc21. The van der Waals surface area contributed by atoms with Gasteiger partial charge in [-0.3, -0.25) is 9.69 Å². The Morgan fingerprint density at radius 1 is 0.667 bits per heavy atom. The van der Waals surface area contributed by atoms with Crippen molar-refractivity contribution in [3.8, 4) is 0 Å². The molecule has 0 aliphatic heterocycles. The maximum atomic E-state index is 14.5. The molecule has 1 aliphatic carbocycles. The Bertz CT molecular complexity index is 1160. The molecule has 0 heterocycles. The molecule has 0 radical (unpaired) electrons. The Morgan fingerprint density at radius 3 is 1.47 bits per heavy atom. The van der Waals surface area contributed by atoms with Gasteiger partial charge in [0.15, 0.2) is 0 Å². The quantitative estimate of drug-likeness (QED) is 0.345. The molecule has 1 aliphatic rings. The molecule has 0 atom stereocenters. The van der Waals surface area contributed by atoms with Crippen molar-refractivity contribution in [3.05, 3.63) is 108 Å². The fraction of sp³-hybridized carbons (Fsp3) is 0.148. The number of anilines is 2. The largest absolute Gasteiger partial charge is 0.280 e. The second kappa shape index (κ2) is 6.68. The molecule has 4 aromatic carbocycles. The van der Waals surface area contributed by atoms with E-state index in [1.54, 1.807) is 0 Å². The number of carbonyl (C=O) groups is 1. The molecule has 0 saturated carbocycles. The van der Waals surface area contributed by atoms with Gasteiger partial charge in [0.1, 0.15) is 0 Å². The number of para-hydroxylation sites is 2. The first-order chi connectivity index (χ1) is 14.4. The zero-order chi connectivity index (χ0) is 20.9. The third kappa shape index (κ3) is 2.66. The monoisotopic (exact) mass is 407 g/mol. The number of nitrogens with zero attached hydrogens (tertiary/aromatic N) is 1. The van der Waals surface area contributed by atoms with Crippen molar-refractivity contribution in [2.75, 3.05) is 4.90 Å². The van der Waals surface area contributed by atoms with Crippen molar-refractivity contribution < 1.29 is 4.79 Å². The summed E-state index contributed by atoms with van der Waals surface area (Å²) in [5, 5.41) is 1.91. The van der Waals surface area contributed by atoms with Crippen LogP contribution in [-0.4, -0.2) is 14.0 Å². The lowest BCUT2D eigenvalue weighted by atomic mass is 10.1. The van der Waals surface area contributed by atoms with Crippen LogP contribution in [0.2, 0.25) is 19.6 Å². The maximum absolute atomic E-state index is 14.5. The molecule has 0 fully saturated rings. The van der Waals surface area contributed by atoms with E-state index in [2.05, 4.69) is 56.0 Å². The van der Waals surface area contributed by atoms with Crippen LogP contribution in [0.5, 0.6) is 0 Å². The number of fused-ring (bicyclic) bond motifs is 2. The van der Waals surface area contributed by atoms with Crippen LogP contribution in [0.25, 0.3) is 10.8 Å². The first-order valence-electron chi connectivity index (χ1n) is 10.4. The van der Waals surface area contributed by atoms with E-state index in [9.17, 15) is 4.79 Å². The van der Waals surface area contributed by atoms with Gasteiger partial charge in [-0.05, 0) is 58.3 Å². The predicted octanol–water partition coefficient (Wildman–Crippen LogP) is 6.68. The standard InChI is InChI=1S/C27H25NOSi/c1-30(2,3)27(24-18-20-12-10-11-13-21(20)19-25(24)27)26(29)28(22-14-6-4-7-15-22)23-16-8-5-9-17-23/h4-19H,1-3H3. The number of hydrogen-bond donors (Lipinski definition) is 0. The minimum absolute atomic E-state index is 0.171. The van der Waals surface area contributed by atoms with Gasteiger partial charge in [0.05, 0.1) is 13.1 Å². The van der Waals surface area contributed by atoms with Crippen LogP contribution in [0.3, 0.4) is 0 Å². The third-order valence-electron chi connectivity index (χ3n) is 6.31. The average molecular weight is 408 g/mol. The Hall–Kier alpha value is -3.17. The van der Waals surface area contributed by atoms with Crippen LogP contribution in [0.15, 0.2) is 97.1 Å². The van der Waals surface area contributed by atoms with Gasteiger partial charge >= 0.3 is 0 Å². The van der Waals surface area contributed by atoms with Crippen molar-refractivity contribution >= 4 is 36.1 Å². The Balaban J connectivity index is 1.71. The highest BCUT2D eigenvalue weighted by Crippen LogP contribution is 2.59. The summed E-state index contributed by atoms with van der Waals surface area (Å²) in [6.07, 6.45) is 0. The molecule has 3 heteroatoms. The Labute approximate surface area is 178 Å². The van der Waals surface area contributed by atoms with E-state index >= 15 is 0 Å². The molecule has 1 amide bonds. The number of carbonyl (C=O) groups excluding carboxylic acids is 1. The molecule has 148 valence electrons. The fourth-order valence-electron chi connectivity index (χ4n) is 4.84. The zero-order valence-electron chi connectivity index (χ0n) is 17.6. The molecule has 4 aromatic rings. The van der Waals surface area contributed by atoms with E-state index in [-0.39, 0.29) is 5.91 Å². The average Bonchev–Trinajstić information content (AvgIpc) is 3.42. The summed E-state index contributed by atoms with van der Waals surface area (Å²) in [6, 6.07) is 32.9. The molecule has 0 bridgehead atoms. The van der Waals surface area contributed by atoms with Crippen molar-refractivity contribution in [1.29, 1.82) is 0 Å². The summed E-state index contributed by atoms with van der Waals surface area (Å²) in [5.41, 5.74) is 4.24. The van der Waals surface area contributed by atoms with Gasteiger partial charge in [-0.1, -0.05) is 80.3 Å². The lowest BCUT2D eigenvalue weighted by molar-refractivity contribution is -0.118. The smallest absolute Gasteiger partial charge is 0.243 e. The highest BCUT2D eigenvalue weighted by Gasteiger charge is 2.65. The van der Waals surface area contributed by atoms with Crippen molar-refractivity contribution in [3.63, 3.8) is 0 Å². The molecule has 0 spiro atoms. The van der Waals surface area contributed by atoms with Gasteiger partial charge < -0.3 is 0 Å². The highest BCUT2D eigenvalue weighted by atomic mass is 28.3. The van der Waals surface area contributed by atoms with Gasteiger partial charge in [-0.2, -0.15) is 0 Å². The topological polar surface area (TPSA) is 20.3 Å². The lowest BCUT2D eigenvalue weighted by Crippen LogP contribution is -2.51. The van der Waals surface area contributed by atoms with Crippen molar-refractivity contribution in [2.45, 2.75) is 24.7 Å². The minimum Gasteiger partial charge on any atom is -0.280 e. The van der Waals surface area contributed by atoms with E-state index in [1.165, 1.54) is 21.9 Å². The fourth-order valence-corrected chi connectivity index (χ4v) is 7.56. The summed E-state index contributed by atoms with van der Waals surface area (Å²) in [6.45, 7) is 6.93. The maximum Gasteiger partial charge on any atom is 0.243 e. The molecular weight excluding hydrogens is 382 g/mol. The van der Waals surface area contributed by atoms with Crippen LogP contribution >= 0.6 is 0 Å². The Kier molecular flexibility index (Phi) is 4.19. The first-order valence-corrected chi connectivity index (χ1v) is 13.9. The van der Waals surface area contributed by atoms with E-state index < -0.39 is 13.1 Å². The van der Waals surface area contributed by atoms with Gasteiger partial charge in [-0.25, -0.2) is 0 Å². The molecule has 0 aromatic heterocycles. The molecule has 5 rings (SSSR count). The van der Waals surface area contributed by atoms with Gasteiger partial charge in [0.25, 0.3) is 0 Å². The Morgan fingerprint density at radius 2 is 1.07 bits per heavy atom. The molecule has 0 saturated heterocycles. The summed E-state index contributed by atoms with van der Waals surface area (Å²) >= 11 is 0. The first kappa shape index (κ1) is 18.8. The molecule has 2 nitrogen and oxygen atoms in total. The molecule has 0 unspecified atom stereocenters. The number of benzene rings is 4. The minimum atomic E-state index is -1.96. The predicted molar refractivity (Wildman–Crippen MR) is 128 cm³/mol. The second-order valence-electron chi connectivity index (χ2n) is 9.06. The number of rotatable bonds is 4. The van der Waals surface area contributed by atoms with Crippen molar-refractivity contribution in [1.82, 2.24) is 0 Å². The van der Waals surface area contributed by atoms with E-state index in [4.69, 9.17) is 0 Å². The van der Waals surface area contributed by atoms with E-state index in [0.29, 0.717) is 0 Å². The molecular formula is C27H25NOSi. The second-order valence-corrected chi connectivity index (χ2v) is 14.3. The summed E-state index contributed by atoms with van der Waals surface area (Å²) in [5.74, 6) is 0.171. The molecule has 0 N–H and O–H groups in total.